The molecular weight excluding hydrogens is 178 g/mol. The fourth-order valence-corrected chi connectivity index (χ4v) is 1.12. The molecule has 0 radical (unpaired) electrons. The molecule has 1 amide bonds. The second-order valence-corrected chi connectivity index (χ2v) is 3.07. The normalized spacial score (nSPS) is 11.1. The Morgan fingerprint density at radius 3 is 2.43 bits per heavy atom. The van der Waals surface area contributed by atoms with Crippen LogP contribution in [0.25, 0.3) is 5.57 Å². The molecule has 1 aromatic rings. The summed E-state index contributed by atoms with van der Waals surface area (Å²) in [5.41, 5.74) is 1.95. The van der Waals surface area contributed by atoms with Gasteiger partial charge in [-0.05, 0) is 18.1 Å². The van der Waals surface area contributed by atoms with Gasteiger partial charge in [-0.2, -0.15) is 0 Å². The van der Waals surface area contributed by atoms with E-state index in [0.29, 0.717) is 0 Å². The van der Waals surface area contributed by atoms with Crippen molar-refractivity contribution in [2.24, 2.45) is 0 Å². The maximum atomic E-state index is 10.5. The van der Waals surface area contributed by atoms with Gasteiger partial charge < -0.3 is 5.11 Å². The van der Waals surface area contributed by atoms with Crippen LogP contribution < -0.4 is 0 Å². The van der Waals surface area contributed by atoms with Crippen molar-refractivity contribution in [3.05, 3.63) is 42.1 Å². The number of carboxylic acid groups (broad SMARTS) is 1. The lowest BCUT2D eigenvalue weighted by Gasteiger charge is -2.09. The minimum Gasteiger partial charge on any atom is -0.465 e. The predicted molar refractivity (Wildman–Crippen MR) is 55.9 cm³/mol. The van der Waals surface area contributed by atoms with E-state index in [4.69, 9.17) is 5.11 Å². The van der Waals surface area contributed by atoms with Crippen LogP contribution in [0.15, 0.2) is 36.5 Å². The number of benzene rings is 1. The minimum atomic E-state index is -0.958. The van der Waals surface area contributed by atoms with Gasteiger partial charge in [-0.15, -0.1) is 0 Å². The second kappa shape index (κ2) is 4.46. The molecule has 0 saturated carbocycles. The first kappa shape index (κ1) is 10.3. The lowest BCUT2D eigenvalue weighted by atomic mass is 10.1. The van der Waals surface area contributed by atoms with Crippen LogP contribution in [0.5, 0.6) is 0 Å². The standard InChI is InChI=1S/C11H13NO2/c1-9(8-12(2)11(13)14)10-6-4-3-5-7-10/h3-8H,1-2H3,(H,13,14)/b9-8+. The van der Waals surface area contributed by atoms with Crippen molar-refractivity contribution in [1.82, 2.24) is 4.90 Å². The lowest BCUT2D eigenvalue weighted by molar-refractivity contribution is 0.170. The van der Waals surface area contributed by atoms with Crippen LogP contribution in [0.2, 0.25) is 0 Å². The molecule has 0 atom stereocenters. The molecular formula is C11H13NO2. The molecule has 1 aromatic carbocycles. The molecule has 0 aliphatic heterocycles. The SMILES string of the molecule is C/C(=C\N(C)C(=O)O)c1ccccc1. The maximum Gasteiger partial charge on any atom is 0.411 e. The van der Waals surface area contributed by atoms with Gasteiger partial charge in [0.15, 0.2) is 0 Å². The zero-order valence-electron chi connectivity index (χ0n) is 8.27. The van der Waals surface area contributed by atoms with E-state index in [1.807, 2.05) is 37.3 Å². The van der Waals surface area contributed by atoms with E-state index < -0.39 is 6.09 Å². The molecule has 0 fully saturated rings. The highest BCUT2D eigenvalue weighted by Gasteiger charge is 2.02. The third kappa shape index (κ3) is 2.62. The fourth-order valence-electron chi connectivity index (χ4n) is 1.12. The van der Waals surface area contributed by atoms with Crippen molar-refractivity contribution >= 4 is 11.7 Å². The first-order valence-corrected chi connectivity index (χ1v) is 4.31. The highest BCUT2D eigenvalue weighted by Crippen LogP contribution is 2.12. The number of allylic oxidation sites excluding steroid dienone is 1. The summed E-state index contributed by atoms with van der Waals surface area (Å²) in [6, 6.07) is 9.67. The molecule has 0 aliphatic carbocycles. The van der Waals surface area contributed by atoms with Crippen molar-refractivity contribution in [2.75, 3.05) is 7.05 Å². The smallest absolute Gasteiger partial charge is 0.411 e. The molecule has 0 saturated heterocycles. The minimum absolute atomic E-state index is 0.926. The van der Waals surface area contributed by atoms with Crippen molar-refractivity contribution in [1.29, 1.82) is 0 Å². The summed E-state index contributed by atoms with van der Waals surface area (Å²) in [6.45, 7) is 1.88. The average molecular weight is 191 g/mol. The van der Waals surface area contributed by atoms with Gasteiger partial charge in [0.25, 0.3) is 0 Å². The van der Waals surface area contributed by atoms with Crippen LogP contribution in [-0.4, -0.2) is 23.1 Å². The largest absolute Gasteiger partial charge is 0.465 e. The monoisotopic (exact) mass is 191 g/mol. The number of hydrogen-bond acceptors (Lipinski definition) is 1. The van der Waals surface area contributed by atoms with Crippen molar-refractivity contribution in [2.45, 2.75) is 6.92 Å². The lowest BCUT2D eigenvalue weighted by Crippen LogP contribution is -2.18. The topological polar surface area (TPSA) is 40.5 Å². The van der Waals surface area contributed by atoms with E-state index in [1.54, 1.807) is 6.20 Å². The Morgan fingerprint density at radius 1 is 1.36 bits per heavy atom. The predicted octanol–water partition coefficient (Wildman–Crippen LogP) is 2.66. The Kier molecular flexibility index (Phi) is 3.29. The zero-order valence-corrected chi connectivity index (χ0v) is 8.27. The van der Waals surface area contributed by atoms with Crippen LogP contribution >= 0.6 is 0 Å². The molecule has 0 aromatic heterocycles. The van der Waals surface area contributed by atoms with Crippen molar-refractivity contribution in [3.8, 4) is 0 Å². The molecule has 14 heavy (non-hydrogen) atoms. The molecule has 3 heteroatoms. The Bertz CT molecular complexity index is 344. The van der Waals surface area contributed by atoms with E-state index in [2.05, 4.69) is 0 Å². The molecule has 0 bridgehead atoms. The van der Waals surface area contributed by atoms with Gasteiger partial charge in [0.2, 0.25) is 0 Å². The number of carbonyl (C=O) groups is 1. The number of amides is 1. The second-order valence-electron chi connectivity index (χ2n) is 3.07. The van der Waals surface area contributed by atoms with E-state index in [0.717, 1.165) is 16.0 Å². The summed E-state index contributed by atoms with van der Waals surface area (Å²) < 4.78 is 0. The summed E-state index contributed by atoms with van der Waals surface area (Å²) in [4.78, 5) is 11.7. The first-order chi connectivity index (χ1) is 6.61. The molecule has 0 spiro atoms. The van der Waals surface area contributed by atoms with Crippen molar-refractivity contribution in [3.63, 3.8) is 0 Å². The van der Waals surface area contributed by atoms with Gasteiger partial charge in [0.1, 0.15) is 0 Å². The van der Waals surface area contributed by atoms with Gasteiger partial charge in [0.05, 0.1) is 0 Å². The summed E-state index contributed by atoms with van der Waals surface area (Å²) in [6.07, 6.45) is 0.637. The molecule has 1 rings (SSSR count). The third-order valence-corrected chi connectivity index (χ3v) is 1.92. The number of rotatable bonds is 2. The Labute approximate surface area is 83.3 Å². The summed E-state index contributed by atoms with van der Waals surface area (Å²) in [7, 11) is 1.51. The van der Waals surface area contributed by atoms with Crippen LogP contribution in [0.4, 0.5) is 4.79 Å². The number of nitrogens with zero attached hydrogens (tertiary/aromatic N) is 1. The molecule has 74 valence electrons. The summed E-state index contributed by atoms with van der Waals surface area (Å²) in [5.74, 6) is 0. The first-order valence-electron chi connectivity index (χ1n) is 4.31. The van der Waals surface area contributed by atoms with E-state index in [1.165, 1.54) is 7.05 Å². The summed E-state index contributed by atoms with van der Waals surface area (Å²) >= 11 is 0. The third-order valence-electron chi connectivity index (χ3n) is 1.92. The Hall–Kier alpha value is -1.77. The van der Waals surface area contributed by atoms with Crippen LogP contribution in [0.1, 0.15) is 12.5 Å². The van der Waals surface area contributed by atoms with Gasteiger partial charge >= 0.3 is 6.09 Å². The number of hydrogen-bond donors (Lipinski definition) is 1. The van der Waals surface area contributed by atoms with Crippen molar-refractivity contribution < 1.29 is 9.90 Å². The zero-order chi connectivity index (χ0) is 10.6. The van der Waals surface area contributed by atoms with Gasteiger partial charge in [0, 0.05) is 13.2 Å². The highest BCUT2D eigenvalue weighted by atomic mass is 16.4. The highest BCUT2D eigenvalue weighted by molar-refractivity contribution is 5.71. The van der Waals surface area contributed by atoms with Gasteiger partial charge in [-0.3, -0.25) is 4.90 Å². The van der Waals surface area contributed by atoms with E-state index in [9.17, 15) is 4.79 Å². The van der Waals surface area contributed by atoms with Crippen LogP contribution in [-0.2, 0) is 0 Å². The maximum absolute atomic E-state index is 10.5. The van der Waals surface area contributed by atoms with E-state index >= 15 is 0 Å². The summed E-state index contributed by atoms with van der Waals surface area (Å²) in [5, 5.41) is 8.66. The van der Waals surface area contributed by atoms with Gasteiger partial charge in [-0.1, -0.05) is 30.3 Å². The molecule has 0 unspecified atom stereocenters. The van der Waals surface area contributed by atoms with E-state index in [-0.39, 0.29) is 0 Å². The molecule has 3 nitrogen and oxygen atoms in total. The molecule has 0 aliphatic rings. The van der Waals surface area contributed by atoms with Gasteiger partial charge in [-0.25, -0.2) is 4.79 Å². The Morgan fingerprint density at radius 2 is 1.93 bits per heavy atom. The fraction of sp³-hybridized carbons (Fsp3) is 0.182. The van der Waals surface area contributed by atoms with Crippen LogP contribution in [0, 0.1) is 0 Å². The Balaban J connectivity index is 2.85. The molecule has 0 heterocycles. The molecule has 1 N–H and O–H groups in total. The average Bonchev–Trinajstić information content (AvgIpc) is 2.19. The van der Waals surface area contributed by atoms with Crippen LogP contribution in [0.3, 0.4) is 0 Å². The quantitative estimate of drug-likeness (QED) is 0.780.